The Kier molecular flexibility index (Phi) is 2.33. The molecule has 1 aliphatic heterocycles. The summed E-state index contributed by atoms with van der Waals surface area (Å²) in [5, 5.41) is 6.85. The van der Waals surface area contributed by atoms with Gasteiger partial charge in [-0.2, -0.15) is 0 Å². The molecule has 1 fully saturated rings. The van der Waals surface area contributed by atoms with E-state index in [9.17, 15) is 0 Å². The fourth-order valence-corrected chi connectivity index (χ4v) is 1.66. The Hall–Kier alpha value is -0.870. The van der Waals surface area contributed by atoms with Gasteiger partial charge in [-0.15, -0.1) is 0 Å². The molecule has 0 radical (unpaired) electrons. The summed E-state index contributed by atoms with van der Waals surface area (Å²) in [7, 11) is 0. The molecule has 0 saturated carbocycles. The molecule has 4 heteroatoms. The van der Waals surface area contributed by atoms with Gasteiger partial charge in [0.05, 0.1) is 6.54 Å². The lowest BCUT2D eigenvalue weighted by atomic mass is 10.0. The van der Waals surface area contributed by atoms with Crippen LogP contribution in [0.1, 0.15) is 19.2 Å². The third kappa shape index (κ3) is 2.08. The Morgan fingerprint density at radius 3 is 3.23 bits per heavy atom. The Balaban J connectivity index is 1.85. The van der Waals surface area contributed by atoms with Gasteiger partial charge in [0.25, 0.3) is 0 Å². The maximum atomic E-state index is 4.17. The minimum atomic E-state index is 0.243. The van der Waals surface area contributed by atoms with Crippen LogP contribution in [0.2, 0.25) is 0 Å². The second-order valence-electron chi connectivity index (χ2n) is 3.88. The number of hydrogen-bond donors (Lipinski definition) is 3. The summed E-state index contributed by atoms with van der Waals surface area (Å²) in [6.45, 7) is 5.23. The fourth-order valence-electron chi connectivity index (χ4n) is 1.66. The topological polar surface area (TPSA) is 52.7 Å². The summed E-state index contributed by atoms with van der Waals surface area (Å²) in [4.78, 5) is 7.25. The number of H-pyrrole nitrogens is 1. The fraction of sp³-hybridized carbons (Fsp3) is 0.667. The van der Waals surface area contributed by atoms with Gasteiger partial charge in [-0.1, -0.05) is 0 Å². The lowest BCUT2D eigenvalue weighted by Crippen LogP contribution is -2.43. The first-order valence-corrected chi connectivity index (χ1v) is 4.73. The van der Waals surface area contributed by atoms with E-state index in [1.807, 2.05) is 6.20 Å². The van der Waals surface area contributed by atoms with Crippen molar-refractivity contribution in [1.29, 1.82) is 0 Å². The quantitative estimate of drug-likeness (QED) is 0.625. The monoisotopic (exact) mass is 180 g/mol. The zero-order valence-electron chi connectivity index (χ0n) is 7.93. The average Bonchev–Trinajstić information content (AvgIpc) is 2.72. The smallest absolute Gasteiger partial charge is 0.120 e. The highest BCUT2D eigenvalue weighted by atomic mass is 15.1. The molecule has 0 amide bonds. The number of aromatic amines is 1. The van der Waals surface area contributed by atoms with E-state index in [0.717, 1.165) is 25.5 Å². The third-order valence-electron chi connectivity index (χ3n) is 2.61. The standard InChI is InChI=1S/C9H16N4/c1-9(2-3-10-7-9)13-6-8-11-4-5-12-8/h4-5,10,13H,2-3,6-7H2,1H3,(H,11,12). The molecule has 72 valence electrons. The Bertz CT molecular complexity index is 249. The lowest BCUT2D eigenvalue weighted by molar-refractivity contribution is 0.381. The largest absolute Gasteiger partial charge is 0.348 e. The van der Waals surface area contributed by atoms with Gasteiger partial charge in [-0.3, -0.25) is 0 Å². The molecule has 1 aliphatic rings. The van der Waals surface area contributed by atoms with Crippen LogP contribution < -0.4 is 10.6 Å². The van der Waals surface area contributed by atoms with Gasteiger partial charge < -0.3 is 15.6 Å². The summed E-state index contributed by atoms with van der Waals surface area (Å²) >= 11 is 0. The minimum absolute atomic E-state index is 0.243. The van der Waals surface area contributed by atoms with E-state index in [1.165, 1.54) is 6.42 Å². The van der Waals surface area contributed by atoms with Crippen LogP contribution in [0.25, 0.3) is 0 Å². The van der Waals surface area contributed by atoms with Gasteiger partial charge in [0, 0.05) is 24.5 Å². The average molecular weight is 180 g/mol. The number of nitrogens with zero attached hydrogens (tertiary/aromatic N) is 1. The van der Waals surface area contributed by atoms with Gasteiger partial charge in [0.1, 0.15) is 5.82 Å². The van der Waals surface area contributed by atoms with E-state index in [4.69, 9.17) is 0 Å². The lowest BCUT2D eigenvalue weighted by Gasteiger charge is -2.23. The molecule has 1 atom stereocenters. The molecule has 0 aliphatic carbocycles. The molecule has 2 rings (SSSR count). The molecule has 2 heterocycles. The van der Waals surface area contributed by atoms with E-state index >= 15 is 0 Å². The minimum Gasteiger partial charge on any atom is -0.348 e. The van der Waals surface area contributed by atoms with E-state index in [1.54, 1.807) is 6.20 Å². The van der Waals surface area contributed by atoms with Crippen LogP contribution in [-0.2, 0) is 6.54 Å². The van der Waals surface area contributed by atoms with Crippen LogP contribution in [0.5, 0.6) is 0 Å². The molecule has 13 heavy (non-hydrogen) atoms. The van der Waals surface area contributed by atoms with Gasteiger partial charge >= 0.3 is 0 Å². The first kappa shape index (κ1) is 8.72. The maximum Gasteiger partial charge on any atom is 0.120 e. The van der Waals surface area contributed by atoms with Crippen molar-refractivity contribution in [3.05, 3.63) is 18.2 Å². The van der Waals surface area contributed by atoms with Crippen molar-refractivity contribution in [1.82, 2.24) is 20.6 Å². The molecule has 0 bridgehead atoms. The summed E-state index contributed by atoms with van der Waals surface area (Å²) in [6.07, 6.45) is 4.83. The van der Waals surface area contributed by atoms with Crippen molar-refractivity contribution < 1.29 is 0 Å². The number of hydrogen-bond acceptors (Lipinski definition) is 3. The summed E-state index contributed by atoms with van der Waals surface area (Å²) in [5.41, 5.74) is 0.243. The molecule has 1 aromatic heterocycles. The third-order valence-corrected chi connectivity index (χ3v) is 2.61. The SMILES string of the molecule is CC1(NCc2ncc[nH]2)CCNC1. The number of aromatic nitrogens is 2. The first-order chi connectivity index (χ1) is 6.29. The number of rotatable bonds is 3. The van der Waals surface area contributed by atoms with E-state index in [2.05, 4.69) is 27.5 Å². The summed E-state index contributed by atoms with van der Waals surface area (Å²) in [5.74, 6) is 1.01. The van der Waals surface area contributed by atoms with Crippen LogP contribution in [0.4, 0.5) is 0 Å². The Morgan fingerprint density at radius 1 is 1.69 bits per heavy atom. The van der Waals surface area contributed by atoms with Gasteiger partial charge in [-0.05, 0) is 19.9 Å². The highest BCUT2D eigenvalue weighted by Crippen LogP contribution is 2.13. The molecule has 3 N–H and O–H groups in total. The van der Waals surface area contributed by atoms with E-state index < -0.39 is 0 Å². The second-order valence-corrected chi connectivity index (χ2v) is 3.88. The van der Waals surface area contributed by atoms with E-state index in [-0.39, 0.29) is 5.54 Å². The van der Waals surface area contributed by atoms with Crippen LogP contribution in [0.15, 0.2) is 12.4 Å². The van der Waals surface area contributed by atoms with Crippen molar-refractivity contribution in [2.75, 3.05) is 13.1 Å². The Labute approximate surface area is 78.1 Å². The zero-order valence-corrected chi connectivity index (χ0v) is 7.93. The molecular weight excluding hydrogens is 164 g/mol. The summed E-state index contributed by atoms with van der Waals surface area (Å²) < 4.78 is 0. The Morgan fingerprint density at radius 2 is 2.62 bits per heavy atom. The molecule has 0 aromatic carbocycles. The van der Waals surface area contributed by atoms with Gasteiger partial charge in [0.15, 0.2) is 0 Å². The van der Waals surface area contributed by atoms with Crippen molar-refractivity contribution in [3.63, 3.8) is 0 Å². The molecule has 4 nitrogen and oxygen atoms in total. The number of nitrogens with one attached hydrogen (secondary N) is 3. The maximum absolute atomic E-state index is 4.17. The van der Waals surface area contributed by atoms with Gasteiger partial charge in [-0.25, -0.2) is 4.98 Å². The van der Waals surface area contributed by atoms with Crippen LogP contribution in [-0.4, -0.2) is 28.6 Å². The van der Waals surface area contributed by atoms with Crippen LogP contribution in [0.3, 0.4) is 0 Å². The van der Waals surface area contributed by atoms with Crippen molar-refractivity contribution in [2.45, 2.75) is 25.4 Å². The highest BCUT2D eigenvalue weighted by Gasteiger charge is 2.27. The highest BCUT2D eigenvalue weighted by molar-refractivity contribution is 4.94. The van der Waals surface area contributed by atoms with Crippen LogP contribution in [0, 0.1) is 0 Å². The molecular formula is C9H16N4. The normalized spacial score (nSPS) is 28.1. The second kappa shape index (κ2) is 3.47. The first-order valence-electron chi connectivity index (χ1n) is 4.73. The van der Waals surface area contributed by atoms with Crippen LogP contribution >= 0.6 is 0 Å². The molecule has 1 unspecified atom stereocenters. The van der Waals surface area contributed by atoms with E-state index in [0.29, 0.717) is 0 Å². The number of imidazole rings is 1. The molecule has 1 aromatic rings. The summed E-state index contributed by atoms with van der Waals surface area (Å²) in [6, 6.07) is 0. The van der Waals surface area contributed by atoms with Crippen molar-refractivity contribution in [3.8, 4) is 0 Å². The zero-order chi connectivity index (χ0) is 9.15. The predicted molar refractivity (Wildman–Crippen MR) is 51.3 cm³/mol. The van der Waals surface area contributed by atoms with Crippen molar-refractivity contribution >= 4 is 0 Å². The molecule has 0 spiro atoms. The predicted octanol–water partition coefficient (Wildman–Crippen LogP) is 0.251. The van der Waals surface area contributed by atoms with Gasteiger partial charge in [0.2, 0.25) is 0 Å². The molecule has 1 saturated heterocycles. The van der Waals surface area contributed by atoms with Crippen molar-refractivity contribution in [2.24, 2.45) is 0 Å².